The predicted octanol–water partition coefficient (Wildman–Crippen LogP) is 2.96. The smallest absolute Gasteiger partial charge is 0.305 e. The van der Waals surface area contributed by atoms with Gasteiger partial charge in [0.25, 0.3) is 0 Å². The molecule has 0 aromatic heterocycles. The van der Waals surface area contributed by atoms with Gasteiger partial charge in [0.2, 0.25) is 0 Å². The maximum atomic E-state index is 11.0. The number of rotatable bonds is 7. The van der Waals surface area contributed by atoms with Gasteiger partial charge in [-0.1, -0.05) is 28.1 Å². The van der Waals surface area contributed by atoms with Crippen molar-refractivity contribution in [1.82, 2.24) is 0 Å². The summed E-state index contributed by atoms with van der Waals surface area (Å²) in [7, 11) is 1.40. The summed E-state index contributed by atoms with van der Waals surface area (Å²) in [5, 5.41) is 0.940. The molecule has 0 fully saturated rings. The minimum atomic E-state index is -0.185. The van der Waals surface area contributed by atoms with Crippen molar-refractivity contribution in [1.29, 1.82) is 0 Å². The Morgan fingerprint density at radius 1 is 1.41 bits per heavy atom. The Morgan fingerprint density at radius 2 is 2.24 bits per heavy atom. The van der Waals surface area contributed by atoms with Crippen LogP contribution in [0.2, 0.25) is 0 Å². The minimum Gasteiger partial charge on any atom is -0.494 e. The summed E-state index contributed by atoms with van der Waals surface area (Å²) < 4.78 is 10.2. The molecule has 0 spiro atoms. The standard InChI is InChI=1S/C13H17BrO3/c1-16-13(15)7-6-11-4-2-5-12(10-11)17-9-3-8-14/h2,4-5,10H,3,6-9H2,1H3. The van der Waals surface area contributed by atoms with Gasteiger partial charge in [0.15, 0.2) is 0 Å². The van der Waals surface area contributed by atoms with Gasteiger partial charge in [0, 0.05) is 11.8 Å². The molecule has 1 rings (SSSR count). The van der Waals surface area contributed by atoms with E-state index in [1.165, 1.54) is 7.11 Å². The van der Waals surface area contributed by atoms with Gasteiger partial charge in [-0.15, -0.1) is 0 Å². The first-order chi connectivity index (χ1) is 8.26. The van der Waals surface area contributed by atoms with Crippen LogP contribution >= 0.6 is 15.9 Å². The van der Waals surface area contributed by atoms with E-state index in [0.29, 0.717) is 19.4 Å². The first kappa shape index (κ1) is 14.0. The highest BCUT2D eigenvalue weighted by atomic mass is 79.9. The van der Waals surface area contributed by atoms with E-state index in [1.54, 1.807) is 0 Å². The van der Waals surface area contributed by atoms with Crippen molar-refractivity contribution in [3.8, 4) is 5.75 Å². The lowest BCUT2D eigenvalue weighted by Gasteiger charge is -2.07. The highest BCUT2D eigenvalue weighted by molar-refractivity contribution is 9.09. The van der Waals surface area contributed by atoms with Crippen LogP contribution in [-0.4, -0.2) is 25.0 Å². The predicted molar refractivity (Wildman–Crippen MR) is 70.7 cm³/mol. The van der Waals surface area contributed by atoms with Gasteiger partial charge < -0.3 is 9.47 Å². The SMILES string of the molecule is COC(=O)CCc1cccc(OCCCBr)c1. The molecule has 94 valence electrons. The number of hydrogen-bond donors (Lipinski definition) is 0. The Kier molecular flexibility index (Phi) is 6.70. The van der Waals surface area contributed by atoms with Crippen LogP contribution in [0.3, 0.4) is 0 Å². The Hall–Kier alpha value is -1.03. The van der Waals surface area contributed by atoms with Crippen LogP contribution in [0, 0.1) is 0 Å². The van der Waals surface area contributed by atoms with E-state index in [0.717, 1.165) is 23.1 Å². The fraction of sp³-hybridized carbons (Fsp3) is 0.462. The van der Waals surface area contributed by atoms with Crippen molar-refractivity contribution in [3.63, 3.8) is 0 Å². The molecule has 0 bridgehead atoms. The van der Waals surface area contributed by atoms with Crippen LogP contribution in [0.4, 0.5) is 0 Å². The number of halogens is 1. The van der Waals surface area contributed by atoms with Crippen LogP contribution in [0.15, 0.2) is 24.3 Å². The fourth-order valence-corrected chi connectivity index (χ4v) is 1.61. The first-order valence-electron chi connectivity index (χ1n) is 5.61. The number of methoxy groups -OCH3 is 1. The van der Waals surface area contributed by atoms with Gasteiger partial charge in [-0.05, 0) is 30.5 Å². The van der Waals surface area contributed by atoms with Crippen LogP contribution in [0.5, 0.6) is 5.75 Å². The zero-order valence-electron chi connectivity index (χ0n) is 9.95. The van der Waals surface area contributed by atoms with Crippen molar-refractivity contribution in [2.45, 2.75) is 19.3 Å². The molecule has 0 unspecified atom stereocenters. The van der Waals surface area contributed by atoms with Crippen molar-refractivity contribution >= 4 is 21.9 Å². The molecule has 0 saturated carbocycles. The summed E-state index contributed by atoms with van der Waals surface area (Å²) in [5.41, 5.74) is 1.09. The van der Waals surface area contributed by atoms with Crippen molar-refractivity contribution < 1.29 is 14.3 Å². The molecule has 0 amide bonds. The second-order valence-electron chi connectivity index (χ2n) is 3.61. The molecule has 0 radical (unpaired) electrons. The van der Waals surface area contributed by atoms with E-state index in [1.807, 2.05) is 24.3 Å². The largest absolute Gasteiger partial charge is 0.494 e. The quantitative estimate of drug-likeness (QED) is 0.441. The molecule has 17 heavy (non-hydrogen) atoms. The third kappa shape index (κ3) is 5.73. The molecule has 0 aliphatic heterocycles. The molecule has 0 aliphatic rings. The lowest BCUT2D eigenvalue weighted by atomic mass is 10.1. The summed E-state index contributed by atoms with van der Waals surface area (Å²) in [4.78, 5) is 11.0. The van der Waals surface area contributed by atoms with E-state index < -0.39 is 0 Å². The van der Waals surface area contributed by atoms with Crippen molar-refractivity contribution in [2.24, 2.45) is 0 Å². The van der Waals surface area contributed by atoms with Crippen LogP contribution in [-0.2, 0) is 16.0 Å². The normalized spacial score (nSPS) is 10.0. The molecule has 0 saturated heterocycles. The van der Waals surface area contributed by atoms with E-state index in [4.69, 9.17) is 4.74 Å². The Bertz CT molecular complexity index is 352. The monoisotopic (exact) mass is 300 g/mol. The van der Waals surface area contributed by atoms with E-state index in [2.05, 4.69) is 20.7 Å². The van der Waals surface area contributed by atoms with Gasteiger partial charge in [-0.25, -0.2) is 0 Å². The van der Waals surface area contributed by atoms with Gasteiger partial charge in [0.05, 0.1) is 13.7 Å². The Balaban J connectivity index is 2.44. The van der Waals surface area contributed by atoms with E-state index >= 15 is 0 Å². The molecule has 0 atom stereocenters. The molecular weight excluding hydrogens is 284 g/mol. The lowest BCUT2D eigenvalue weighted by Crippen LogP contribution is -2.02. The van der Waals surface area contributed by atoms with E-state index in [9.17, 15) is 4.79 Å². The van der Waals surface area contributed by atoms with Crippen LogP contribution < -0.4 is 4.74 Å². The number of aryl methyl sites for hydroxylation is 1. The number of benzene rings is 1. The van der Waals surface area contributed by atoms with E-state index in [-0.39, 0.29) is 5.97 Å². The zero-order valence-corrected chi connectivity index (χ0v) is 11.5. The number of hydrogen-bond acceptors (Lipinski definition) is 3. The molecule has 1 aromatic carbocycles. The number of carbonyl (C=O) groups excluding carboxylic acids is 1. The number of ether oxygens (including phenoxy) is 2. The summed E-state index contributed by atoms with van der Waals surface area (Å²) >= 11 is 3.35. The summed E-state index contributed by atoms with van der Waals surface area (Å²) in [6.07, 6.45) is 2.07. The minimum absolute atomic E-state index is 0.185. The second kappa shape index (κ2) is 8.12. The number of alkyl halides is 1. The number of esters is 1. The van der Waals surface area contributed by atoms with Gasteiger partial charge >= 0.3 is 5.97 Å². The molecule has 0 heterocycles. The Morgan fingerprint density at radius 3 is 2.94 bits per heavy atom. The maximum absolute atomic E-state index is 11.0. The lowest BCUT2D eigenvalue weighted by molar-refractivity contribution is -0.140. The third-order valence-corrected chi connectivity index (χ3v) is 2.85. The maximum Gasteiger partial charge on any atom is 0.305 e. The topological polar surface area (TPSA) is 35.5 Å². The third-order valence-electron chi connectivity index (χ3n) is 2.29. The number of carbonyl (C=O) groups is 1. The summed E-state index contributed by atoms with van der Waals surface area (Å²) in [5.74, 6) is 0.670. The zero-order chi connectivity index (χ0) is 12.5. The molecule has 3 nitrogen and oxygen atoms in total. The highest BCUT2D eigenvalue weighted by Crippen LogP contribution is 2.15. The second-order valence-corrected chi connectivity index (χ2v) is 4.41. The Labute approximate surface area is 110 Å². The fourth-order valence-electron chi connectivity index (χ4n) is 1.38. The van der Waals surface area contributed by atoms with Crippen molar-refractivity contribution in [2.75, 3.05) is 19.0 Å². The molecule has 0 aliphatic carbocycles. The van der Waals surface area contributed by atoms with Crippen LogP contribution in [0.1, 0.15) is 18.4 Å². The van der Waals surface area contributed by atoms with Crippen molar-refractivity contribution in [3.05, 3.63) is 29.8 Å². The van der Waals surface area contributed by atoms with Gasteiger partial charge in [0.1, 0.15) is 5.75 Å². The summed E-state index contributed by atoms with van der Waals surface area (Å²) in [6.45, 7) is 0.700. The molecule has 1 aromatic rings. The average molecular weight is 301 g/mol. The highest BCUT2D eigenvalue weighted by Gasteiger charge is 2.02. The molecule has 0 N–H and O–H groups in total. The molecule has 4 heteroatoms. The summed E-state index contributed by atoms with van der Waals surface area (Å²) in [6, 6.07) is 7.82. The van der Waals surface area contributed by atoms with Crippen LogP contribution in [0.25, 0.3) is 0 Å². The average Bonchev–Trinajstić information content (AvgIpc) is 2.37. The molecular formula is C13H17BrO3. The first-order valence-corrected chi connectivity index (χ1v) is 6.73. The van der Waals surface area contributed by atoms with Gasteiger partial charge in [-0.2, -0.15) is 0 Å². The van der Waals surface area contributed by atoms with Gasteiger partial charge in [-0.3, -0.25) is 4.79 Å².